The van der Waals surface area contributed by atoms with Gasteiger partial charge in [0.25, 0.3) is 0 Å². The first-order valence-corrected chi connectivity index (χ1v) is 10.1. The molecule has 1 saturated heterocycles. The van der Waals surface area contributed by atoms with E-state index in [0.717, 1.165) is 31.6 Å². The summed E-state index contributed by atoms with van der Waals surface area (Å²) in [5.74, 6) is 0.755. The Labute approximate surface area is 166 Å². The summed E-state index contributed by atoms with van der Waals surface area (Å²) in [6.07, 6.45) is 5.58. The Bertz CT molecular complexity index is 774. The normalized spacial score (nSPS) is 17.0. The molecule has 0 unspecified atom stereocenters. The van der Waals surface area contributed by atoms with E-state index >= 15 is 0 Å². The van der Waals surface area contributed by atoms with Crippen LogP contribution in [0.4, 0.5) is 0 Å². The Morgan fingerprint density at radius 1 is 1.25 bits per heavy atom. The van der Waals surface area contributed by atoms with Crippen LogP contribution in [0.15, 0.2) is 36.7 Å². The topological polar surface area (TPSA) is 80.1 Å². The predicted molar refractivity (Wildman–Crippen MR) is 106 cm³/mol. The van der Waals surface area contributed by atoms with Crippen molar-refractivity contribution in [2.45, 2.75) is 52.1 Å². The summed E-state index contributed by atoms with van der Waals surface area (Å²) >= 11 is 0. The Morgan fingerprint density at radius 3 is 2.86 bits per heavy atom. The van der Waals surface area contributed by atoms with Gasteiger partial charge in [-0.15, -0.1) is 10.2 Å². The van der Waals surface area contributed by atoms with Crippen LogP contribution in [0.5, 0.6) is 0 Å². The van der Waals surface area contributed by atoms with Crippen molar-refractivity contribution in [3.63, 3.8) is 0 Å². The van der Waals surface area contributed by atoms with Crippen molar-refractivity contribution in [1.82, 2.24) is 25.0 Å². The number of rotatable bonds is 9. The number of carbonyl (C=O) groups excluding carboxylic acids is 2. The lowest BCUT2D eigenvalue weighted by Crippen LogP contribution is -2.46. The smallest absolute Gasteiger partial charge is 0.225 e. The molecule has 0 aliphatic carbocycles. The van der Waals surface area contributed by atoms with E-state index in [1.807, 2.05) is 27.7 Å². The van der Waals surface area contributed by atoms with Gasteiger partial charge in [0.1, 0.15) is 6.33 Å². The Kier molecular flexibility index (Phi) is 7.17. The minimum atomic E-state index is -0.156. The van der Waals surface area contributed by atoms with Crippen LogP contribution in [0.2, 0.25) is 0 Å². The number of hydrogen-bond acceptors (Lipinski definition) is 4. The van der Waals surface area contributed by atoms with E-state index in [1.54, 1.807) is 6.33 Å². The van der Waals surface area contributed by atoms with Crippen molar-refractivity contribution in [2.24, 2.45) is 5.92 Å². The van der Waals surface area contributed by atoms with Gasteiger partial charge in [-0.2, -0.15) is 0 Å². The molecular weight excluding hydrogens is 354 g/mol. The van der Waals surface area contributed by atoms with Crippen LogP contribution in [0.3, 0.4) is 0 Å². The summed E-state index contributed by atoms with van der Waals surface area (Å²) in [6, 6.07) is 10.3. The molecule has 1 fully saturated rings. The number of carbonyl (C=O) groups is 2. The van der Waals surface area contributed by atoms with Gasteiger partial charge in [0.15, 0.2) is 5.82 Å². The molecule has 7 heteroatoms. The zero-order valence-corrected chi connectivity index (χ0v) is 16.5. The van der Waals surface area contributed by atoms with Crippen molar-refractivity contribution >= 4 is 11.8 Å². The van der Waals surface area contributed by atoms with Gasteiger partial charge < -0.3 is 14.8 Å². The maximum atomic E-state index is 12.6. The molecule has 0 radical (unpaired) electrons. The summed E-state index contributed by atoms with van der Waals surface area (Å²) < 4.78 is 1.96. The van der Waals surface area contributed by atoms with Crippen molar-refractivity contribution in [2.75, 3.05) is 13.1 Å². The third-order valence-electron chi connectivity index (χ3n) is 5.19. The molecule has 1 atom stereocenters. The number of nitrogens with one attached hydrogen (secondary N) is 1. The maximum absolute atomic E-state index is 12.6. The largest absolute Gasteiger partial charge is 0.348 e. The van der Waals surface area contributed by atoms with Crippen LogP contribution in [-0.4, -0.2) is 44.6 Å². The van der Waals surface area contributed by atoms with E-state index in [-0.39, 0.29) is 17.7 Å². The first-order valence-electron chi connectivity index (χ1n) is 10.1. The van der Waals surface area contributed by atoms with Gasteiger partial charge in [0.2, 0.25) is 11.8 Å². The average molecular weight is 383 g/mol. The Morgan fingerprint density at radius 2 is 2.07 bits per heavy atom. The molecule has 2 heterocycles. The molecule has 1 aliphatic rings. The summed E-state index contributed by atoms with van der Waals surface area (Å²) in [5.41, 5.74) is 1.28. The van der Waals surface area contributed by atoms with Crippen LogP contribution >= 0.6 is 0 Å². The van der Waals surface area contributed by atoms with E-state index in [1.165, 1.54) is 5.56 Å². The van der Waals surface area contributed by atoms with Gasteiger partial charge in [-0.25, -0.2) is 0 Å². The molecule has 3 rings (SSSR count). The number of aromatic nitrogens is 3. The standard InChI is InChI=1S/C21H29N5O2/c1-2-12-26-16-23-24-19(26)14-22-21(28)18-10-11-20(27)25(15-18)13-6-9-17-7-4-3-5-8-17/h3-5,7-8,16,18H,2,6,9-15H2,1H3,(H,22,28)/t18-/m0/s1. The molecule has 0 spiro atoms. The van der Waals surface area contributed by atoms with E-state index in [0.29, 0.717) is 32.5 Å². The maximum Gasteiger partial charge on any atom is 0.225 e. The summed E-state index contributed by atoms with van der Waals surface area (Å²) in [5, 5.41) is 11.0. The van der Waals surface area contributed by atoms with Gasteiger partial charge in [-0.3, -0.25) is 9.59 Å². The molecule has 1 aromatic heterocycles. The van der Waals surface area contributed by atoms with Crippen LogP contribution in [0.1, 0.15) is 44.0 Å². The summed E-state index contributed by atoms with van der Waals surface area (Å²) in [4.78, 5) is 26.7. The zero-order chi connectivity index (χ0) is 19.8. The molecule has 1 N–H and O–H groups in total. The number of piperidine rings is 1. The molecule has 1 aliphatic heterocycles. The lowest BCUT2D eigenvalue weighted by molar-refractivity contribution is -0.138. The fourth-order valence-electron chi connectivity index (χ4n) is 3.62. The van der Waals surface area contributed by atoms with Gasteiger partial charge in [0, 0.05) is 26.1 Å². The van der Waals surface area contributed by atoms with Gasteiger partial charge in [-0.05, 0) is 31.2 Å². The molecule has 2 amide bonds. The van der Waals surface area contributed by atoms with Crippen LogP contribution in [0.25, 0.3) is 0 Å². The van der Waals surface area contributed by atoms with Gasteiger partial charge in [0.05, 0.1) is 12.5 Å². The molecular formula is C21H29N5O2. The van der Waals surface area contributed by atoms with Crippen molar-refractivity contribution in [3.8, 4) is 0 Å². The van der Waals surface area contributed by atoms with Crippen LogP contribution < -0.4 is 5.32 Å². The number of benzene rings is 1. The number of hydrogen-bond donors (Lipinski definition) is 1. The zero-order valence-electron chi connectivity index (χ0n) is 16.5. The highest BCUT2D eigenvalue weighted by Gasteiger charge is 2.29. The molecule has 2 aromatic rings. The van der Waals surface area contributed by atoms with Crippen LogP contribution in [0, 0.1) is 5.92 Å². The summed E-state index contributed by atoms with van der Waals surface area (Å²) in [7, 11) is 0. The van der Waals surface area contributed by atoms with E-state index in [4.69, 9.17) is 0 Å². The Balaban J connectivity index is 1.46. The average Bonchev–Trinajstić information content (AvgIpc) is 3.16. The fraction of sp³-hybridized carbons (Fsp3) is 0.524. The summed E-state index contributed by atoms with van der Waals surface area (Å²) in [6.45, 7) is 4.50. The molecule has 7 nitrogen and oxygen atoms in total. The highest BCUT2D eigenvalue weighted by atomic mass is 16.2. The predicted octanol–water partition coefficient (Wildman–Crippen LogP) is 2.18. The lowest BCUT2D eigenvalue weighted by atomic mass is 9.96. The first-order chi connectivity index (χ1) is 13.7. The second kappa shape index (κ2) is 10.0. The SMILES string of the molecule is CCCn1cnnc1CNC(=O)[C@H]1CCC(=O)N(CCCc2ccccc2)C1. The first kappa shape index (κ1) is 20.0. The molecule has 1 aromatic carbocycles. The third kappa shape index (κ3) is 5.41. The lowest BCUT2D eigenvalue weighted by Gasteiger charge is -2.32. The molecule has 28 heavy (non-hydrogen) atoms. The van der Waals surface area contributed by atoms with E-state index in [2.05, 4.69) is 34.6 Å². The number of aryl methyl sites for hydroxylation is 2. The van der Waals surface area contributed by atoms with Crippen molar-refractivity contribution in [3.05, 3.63) is 48.0 Å². The Hall–Kier alpha value is -2.70. The van der Waals surface area contributed by atoms with Crippen molar-refractivity contribution < 1.29 is 9.59 Å². The van der Waals surface area contributed by atoms with E-state index in [9.17, 15) is 9.59 Å². The fourth-order valence-corrected chi connectivity index (χ4v) is 3.62. The molecule has 0 bridgehead atoms. The number of nitrogens with zero attached hydrogens (tertiary/aromatic N) is 4. The minimum Gasteiger partial charge on any atom is -0.348 e. The minimum absolute atomic E-state index is 0.00777. The molecule has 150 valence electrons. The van der Waals surface area contributed by atoms with Crippen LogP contribution in [-0.2, 0) is 29.1 Å². The number of amides is 2. The van der Waals surface area contributed by atoms with Gasteiger partial charge >= 0.3 is 0 Å². The van der Waals surface area contributed by atoms with Gasteiger partial charge in [-0.1, -0.05) is 37.3 Å². The van der Waals surface area contributed by atoms with E-state index < -0.39 is 0 Å². The van der Waals surface area contributed by atoms with Crippen molar-refractivity contribution in [1.29, 1.82) is 0 Å². The quantitative estimate of drug-likeness (QED) is 0.720. The third-order valence-corrected chi connectivity index (χ3v) is 5.19. The second-order valence-corrected chi connectivity index (χ2v) is 7.32. The second-order valence-electron chi connectivity index (χ2n) is 7.32. The monoisotopic (exact) mass is 383 g/mol. The highest BCUT2D eigenvalue weighted by Crippen LogP contribution is 2.19. The highest BCUT2D eigenvalue weighted by molar-refractivity contribution is 5.83. The number of likely N-dealkylation sites (tertiary alicyclic amines) is 1. The molecule has 0 saturated carbocycles.